The molecular formula is C22H30N4O. The highest BCUT2D eigenvalue weighted by Crippen LogP contribution is 2.28. The Morgan fingerprint density at radius 2 is 1.93 bits per heavy atom. The van der Waals surface area contributed by atoms with Crippen molar-refractivity contribution in [2.75, 3.05) is 39.0 Å². The molecule has 1 aromatic heterocycles. The number of aromatic nitrogens is 1. The van der Waals surface area contributed by atoms with Gasteiger partial charge in [-0.3, -0.25) is 9.78 Å². The number of likely N-dealkylation sites (tertiary alicyclic amines) is 1. The van der Waals surface area contributed by atoms with Crippen molar-refractivity contribution in [1.29, 1.82) is 0 Å². The van der Waals surface area contributed by atoms with Crippen LogP contribution in [0.2, 0.25) is 0 Å². The first kappa shape index (κ1) is 19.4. The topological polar surface area (TPSA) is 57.3 Å². The lowest BCUT2D eigenvalue weighted by Crippen LogP contribution is -2.37. The van der Waals surface area contributed by atoms with Crippen LogP contribution in [0, 0.1) is 19.8 Å². The number of carbonyl (C=O) groups excluding carboxylic acids is 1. The van der Waals surface area contributed by atoms with Crippen molar-refractivity contribution in [2.45, 2.75) is 26.7 Å². The summed E-state index contributed by atoms with van der Waals surface area (Å²) in [6.45, 7) is 6.93. The molecule has 0 spiro atoms. The van der Waals surface area contributed by atoms with E-state index < -0.39 is 0 Å². The normalized spacial score (nSPS) is 15.6. The van der Waals surface area contributed by atoms with Gasteiger partial charge in [0.05, 0.1) is 0 Å². The molecule has 0 bridgehead atoms. The summed E-state index contributed by atoms with van der Waals surface area (Å²) in [5.41, 5.74) is 5.67. The van der Waals surface area contributed by atoms with Crippen molar-refractivity contribution in [3.8, 4) is 11.1 Å². The van der Waals surface area contributed by atoms with E-state index >= 15 is 0 Å². The third kappa shape index (κ3) is 4.66. The van der Waals surface area contributed by atoms with E-state index in [1.54, 1.807) is 0 Å². The lowest BCUT2D eigenvalue weighted by Gasteiger charge is -2.29. The van der Waals surface area contributed by atoms with Crippen molar-refractivity contribution in [2.24, 2.45) is 5.92 Å². The molecule has 27 heavy (non-hydrogen) atoms. The quantitative estimate of drug-likeness (QED) is 0.851. The minimum atomic E-state index is 0.00449. The van der Waals surface area contributed by atoms with E-state index in [0.29, 0.717) is 5.92 Å². The molecule has 1 fully saturated rings. The molecule has 144 valence electrons. The van der Waals surface area contributed by atoms with E-state index in [2.05, 4.69) is 33.6 Å². The fourth-order valence-corrected chi connectivity index (χ4v) is 3.61. The molecule has 3 rings (SSSR count). The highest BCUT2D eigenvalue weighted by Gasteiger charge is 2.19. The summed E-state index contributed by atoms with van der Waals surface area (Å²) in [6.07, 6.45) is 4.15. The zero-order valence-corrected chi connectivity index (χ0v) is 16.8. The summed E-state index contributed by atoms with van der Waals surface area (Å²) in [6, 6.07) is 8.10. The number of carbonyl (C=O) groups is 1. The molecule has 1 aliphatic rings. The van der Waals surface area contributed by atoms with Gasteiger partial charge in [-0.25, -0.2) is 0 Å². The van der Waals surface area contributed by atoms with E-state index in [1.165, 1.54) is 0 Å². The van der Waals surface area contributed by atoms with Crippen LogP contribution in [0.15, 0.2) is 30.5 Å². The van der Waals surface area contributed by atoms with Crippen LogP contribution in [0.1, 0.15) is 34.5 Å². The Hall–Kier alpha value is -2.40. The van der Waals surface area contributed by atoms with Crippen molar-refractivity contribution in [3.05, 3.63) is 47.3 Å². The summed E-state index contributed by atoms with van der Waals surface area (Å²) < 4.78 is 0. The number of nitrogens with zero attached hydrogens (tertiary/aromatic N) is 2. The second kappa shape index (κ2) is 8.53. The summed E-state index contributed by atoms with van der Waals surface area (Å²) >= 11 is 0. The first-order valence-electron chi connectivity index (χ1n) is 9.70. The van der Waals surface area contributed by atoms with Gasteiger partial charge in [0.1, 0.15) is 0 Å². The van der Waals surface area contributed by atoms with Crippen LogP contribution in [0.25, 0.3) is 11.1 Å². The SMILES string of the molecule is CNc1cc(-c2ccc(C)nc2)cc(C(=O)NCC2CCN(C)CC2)c1C. The average Bonchev–Trinajstić information content (AvgIpc) is 2.68. The molecule has 1 aromatic carbocycles. The van der Waals surface area contributed by atoms with E-state index in [-0.39, 0.29) is 5.91 Å². The largest absolute Gasteiger partial charge is 0.388 e. The van der Waals surface area contributed by atoms with Crippen LogP contribution in [0.5, 0.6) is 0 Å². The molecular weight excluding hydrogens is 336 g/mol. The molecule has 1 aliphatic heterocycles. The van der Waals surface area contributed by atoms with Crippen LogP contribution in [-0.2, 0) is 0 Å². The number of nitrogens with one attached hydrogen (secondary N) is 2. The molecule has 0 unspecified atom stereocenters. The first-order chi connectivity index (χ1) is 13.0. The summed E-state index contributed by atoms with van der Waals surface area (Å²) in [4.78, 5) is 19.6. The monoisotopic (exact) mass is 366 g/mol. The third-order valence-electron chi connectivity index (χ3n) is 5.56. The summed E-state index contributed by atoms with van der Waals surface area (Å²) in [5.74, 6) is 0.573. The van der Waals surface area contributed by atoms with E-state index in [4.69, 9.17) is 0 Å². The number of anilines is 1. The molecule has 5 nitrogen and oxygen atoms in total. The Balaban J connectivity index is 1.79. The van der Waals surface area contributed by atoms with Gasteiger partial charge in [0.2, 0.25) is 0 Å². The van der Waals surface area contributed by atoms with Crippen molar-refractivity contribution >= 4 is 11.6 Å². The van der Waals surface area contributed by atoms with Gasteiger partial charge in [-0.1, -0.05) is 6.07 Å². The lowest BCUT2D eigenvalue weighted by atomic mass is 9.96. The van der Waals surface area contributed by atoms with Crippen LogP contribution >= 0.6 is 0 Å². The van der Waals surface area contributed by atoms with Crippen molar-refractivity contribution in [1.82, 2.24) is 15.2 Å². The maximum absolute atomic E-state index is 12.9. The molecule has 1 amide bonds. The number of amides is 1. The van der Waals surface area contributed by atoms with Gasteiger partial charge in [0, 0.05) is 42.3 Å². The maximum Gasteiger partial charge on any atom is 0.251 e. The highest BCUT2D eigenvalue weighted by atomic mass is 16.1. The van der Waals surface area contributed by atoms with Gasteiger partial charge in [-0.05, 0) is 82.1 Å². The fourth-order valence-electron chi connectivity index (χ4n) is 3.61. The number of hydrogen-bond acceptors (Lipinski definition) is 4. The van der Waals surface area contributed by atoms with Gasteiger partial charge in [-0.15, -0.1) is 0 Å². The molecule has 2 N–H and O–H groups in total. The number of hydrogen-bond donors (Lipinski definition) is 2. The Labute approximate surface area is 162 Å². The zero-order chi connectivity index (χ0) is 19.4. The smallest absolute Gasteiger partial charge is 0.251 e. The third-order valence-corrected chi connectivity index (χ3v) is 5.56. The predicted octanol–water partition coefficient (Wildman–Crippen LogP) is 3.48. The lowest BCUT2D eigenvalue weighted by molar-refractivity contribution is 0.0938. The Bertz CT molecular complexity index is 793. The van der Waals surface area contributed by atoms with Crippen LogP contribution < -0.4 is 10.6 Å². The van der Waals surface area contributed by atoms with Crippen molar-refractivity contribution < 1.29 is 4.79 Å². The Kier molecular flexibility index (Phi) is 6.11. The number of benzene rings is 1. The van der Waals surface area contributed by atoms with Gasteiger partial charge in [-0.2, -0.15) is 0 Å². The average molecular weight is 367 g/mol. The van der Waals surface area contributed by atoms with Crippen LogP contribution in [0.4, 0.5) is 5.69 Å². The van der Waals surface area contributed by atoms with Gasteiger partial charge >= 0.3 is 0 Å². The van der Waals surface area contributed by atoms with Crippen LogP contribution in [0.3, 0.4) is 0 Å². The van der Waals surface area contributed by atoms with E-state index in [0.717, 1.165) is 66.1 Å². The molecule has 1 saturated heterocycles. The second-order valence-electron chi connectivity index (χ2n) is 7.59. The Morgan fingerprint density at radius 3 is 2.56 bits per heavy atom. The predicted molar refractivity (Wildman–Crippen MR) is 111 cm³/mol. The second-order valence-corrected chi connectivity index (χ2v) is 7.59. The molecule has 5 heteroatoms. The standard InChI is InChI=1S/C22H30N4O/c1-15-5-6-18(14-24-15)19-11-20(16(2)21(12-19)23-3)22(27)25-13-17-7-9-26(4)10-8-17/h5-6,11-12,14,17,23H,7-10,13H2,1-4H3,(H,25,27). The number of aryl methyl sites for hydroxylation is 1. The molecule has 2 heterocycles. The van der Waals surface area contributed by atoms with Gasteiger partial charge in [0.15, 0.2) is 0 Å². The van der Waals surface area contributed by atoms with Crippen molar-refractivity contribution in [3.63, 3.8) is 0 Å². The zero-order valence-electron chi connectivity index (χ0n) is 16.8. The van der Waals surface area contributed by atoms with Gasteiger partial charge in [0.25, 0.3) is 5.91 Å². The minimum absolute atomic E-state index is 0.00449. The minimum Gasteiger partial charge on any atom is -0.388 e. The summed E-state index contributed by atoms with van der Waals surface area (Å²) in [7, 11) is 4.04. The molecule has 0 atom stereocenters. The van der Waals surface area contributed by atoms with E-state index in [9.17, 15) is 4.79 Å². The summed E-state index contributed by atoms with van der Waals surface area (Å²) in [5, 5.41) is 6.38. The Morgan fingerprint density at radius 1 is 1.19 bits per heavy atom. The van der Waals surface area contributed by atoms with E-state index in [1.807, 2.05) is 45.3 Å². The molecule has 0 radical (unpaired) electrons. The molecule has 2 aromatic rings. The number of piperidine rings is 1. The first-order valence-corrected chi connectivity index (χ1v) is 9.70. The fraction of sp³-hybridized carbons (Fsp3) is 0.455. The number of pyridine rings is 1. The highest BCUT2D eigenvalue weighted by molar-refractivity contribution is 5.98. The van der Waals surface area contributed by atoms with Crippen LogP contribution in [-0.4, -0.2) is 49.5 Å². The maximum atomic E-state index is 12.9. The molecule has 0 aliphatic carbocycles. The molecule has 0 saturated carbocycles. The van der Waals surface area contributed by atoms with Gasteiger partial charge < -0.3 is 15.5 Å². The number of rotatable bonds is 5.